The maximum absolute atomic E-state index is 11.4. The van der Waals surface area contributed by atoms with Gasteiger partial charge in [0.25, 0.3) is 0 Å². The van der Waals surface area contributed by atoms with E-state index in [1.165, 1.54) is 0 Å². The van der Waals surface area contributed by atoms with E-state index in [1.807, 2.05) is 12.1 Å². The summed E-state index contributed by atoms with van der Waals surface area (Å²) >= 11 is 0. The Morgan fingerprint density at radius 3 is 1.43 bits per heavy atom. The van der Waals surface area contributed by atoms with E-state index in [1.54, 1.807) is 48.5 Å². The summed E-state index contributed by atoms with van der Waals surface area (Å²) < 4.78 is 42.0. The van der Waals surface area contributed by atoms with Gasteiger partial charge in [0, 0.05) is 0 Å². The molecule has 0 saturated carbocycles. The van der Waals surface area contributed by atoms with E-state index < -0.39 is 24.0 Å². The monoisotopic (exact) mass is 310 g/mol. The Hall–Kier alpha value is -2.09. The normalized spacial score (nSPS) is 11.0. The van der Waals surface area contributed by atoms with Gasteiger partial charge in [-0.1, -0.05) is 36.4 Å². The van der Waals surface area contributed by atoms with Crippen LogP contribution in [0.1, 0.15) is 0 Å². The van der Waals surface area contributed by atoms with Crippen LogP contribution >= 0.6 is 0 Å². The standard InChI is InChI=1S/C14H14O6S/c15-21(16,19-11-17-13-7-3-1-4-8-13)20-12-18-14-9-5-2-6-10-14/h1-10H,11-12H2. The second kappa shape index (κ2) is 7.63. The Balaban J connectivity index is 1.70. The van der Waals surface area contributed by atoms with Gasteiger partial charge in [0.15, 0.2) is 0 Å². The number of rotatable bonds is 8. The molecule has 2 aromatic carbocycles. The highest BCUT2D eigenvalue weighted by Gasteiger charge is 2.12. The molecule has 0 fully saturated rings. The molecule has 2 aromatic rings. The summed E-state index contributed by atoms with van der Waals surface area (Å²) in [5.41, 5.74) is 0. The molecule has 0 radical (unpaired) electrons. The van der Waals surface area contributed by atoms with E-state index >= 15 is 0 Å². The summed E-state index contributed by atoms with van der Waals surface area (Å²) in [6.45, 7) is -0.949. The first-order valence-corrected chi connectivity index (χ1v) is 7.38. The minimum atomic E-state index is -4.17. The third kappa shape index (κ3) is 5.82. The zero-order valence-electron chi connectivity index (χ0n) is 11.0. The van der Waals surface area contributed by atoms with Crippen LogP contribution in [0, 0.1) is 0 Å². The molecule has 6 nitrogen and oxygen atoms in total. The lowest BCUT2D eigenvalue weighted by Gasteiger charge is -2.08. The Morgan fingerprint density at radius 1 is 0.667 bits per heavy atom. The van der Waals surface area contributed by atoms with Crippen LogP contribution < -0.4 is 9.47 Å². The lowest BCUT2D eigenvalue weighted by Crippen LogP contribution is -2.16. The molecule has 0 bridgehead atoms. The zero-order valence-corrected chi connectivity index (χ0v) is 11.9. The quantitative estimate of drug-likeness (QED) is 0.697. The maximum atomic E-state index is 11.4. The van der Waals surface area contributed by atoms with Crippen molar-refractivity contribution in [2.24, 2.45) is 0 Å². The van der Waals surface area contributed by atoms with Gasteiger partial charge in [0.05, 0.1) is 0 Å². The van der Waals surface area contributed by atoms with Crippen molar-refractivity contribution < 1.29 is 26.3 Å². The van der Waals surface area contributed by atoms with Crippen LogP contribution in [0.25, 0.3) is 0 Å². The molecule has 0 aliphatic heterocycles. The van der Waals surface area contributed by atoms with Gasteiger partial charge in [-0.25, -0.2) is 8.37 Å². The van der Waals surface area contributed by atoms with Gasteiger partial charge >= 0.3 is 10.4 Å². The molecule has 0 aliphatic rings. The van der Waals surface area contributed by atoms with Crippen LogP contribution in [0.15, 0.2) is 60.7 Å². The first-order chi connectivity index (χ1) is 10.2. The first kappa shape index (κ1) is 15.3. The first-order valence-electron chi connectivity index (χ1n) is 6.05. The van der Waals surface area contributed by atoms with Crippen LogP contribution in [-0.2, 0) is 18.8 Å². The van der Waals surface area contributed by atoms with Crippen LogP contribution in [0.3, 0.4) is 0 Å². The molecule has 2 rings (SSSR count). The molecule has 0 aromatic heterocycles. The van der Waals surface area contributed by atoms with Crippen molar-refractivity contribution in [2.75, 3.05) is 13.6 Å². The summed E-state index contributed by atoms with van der Waals surface area (Å²) in [5.74, 6) is 0.987. The van der Waals surface area contributed by atoms with Crippen LogP contribution in [0.5, 0.6) is 11.5 Å². The van der Waals surface area contributed by atoms with Gasteiger partial charge in [-0.05, 0) is 24.3 Å². The average Bonchev–Trinajstić information content (AvgIpc) is 2.49. The Kier molecular flexibility index (Phi) is 5.56. The van der Waals surface area contributed by atoms with Gasteiger partial charge < -0.3 is 9.47 Å². The SMILES string of the molecule is O=S(=O)(OCOc1ccccc1)OCOc1ccccc1. The maximum Gasteiger partial charge on any atom is 0.406 e. The van der Waals surface area contributed by atoms with E-state index in [9.17, 15) is 8.42 Å². The fourth-order valence-corrected chi connectivity index (χ4v) is 1.77. The smallest absolute Gasteiger partial charge is 0.406 e. The third-order valence-corrected chi connectivity index (χ3v) is 3.09. The molecule has 0 aliphatic carbocycles. The second-order valence-corrected chi connectivity index (χ2v) is 5.08. The molecule has 0 atom stereocenters. The predicted molar refractivity (Wildman–Crippen MR) is 75.0 cm³/mol. The molecule has 0 spiro atoms. The van der Waals surface area contributed by atoms with Crippen LogP contribution in [-0.4, -0.2) is 22.0 Å². The third-order valence-electron chi connectivity index (χ3n) is 2.32. The van der Waals surface area contributed by atoms with Crippen molar-refractivity contribution in [3.05, 3.63) is 60.7 Å². The van der Waals surface area contributed by atoms with Crippen LogP contribution in [0.2, 0.25) is 0 Å². The lowest BCUT2D eigenvalue weighted by molar-refractivity contribution is 0.0663. The largest absolute Gasteiger partial charge is 0.466 e. The molecule has 0 amide bonds. The molecule has 21 heavy (non-hydrogen) atoms. The van der Waals surface area contributed by atoms with E-state index in [-0.39, 0.29) is 0 Å². The molecule has 7 heteroatoms. The van der Waals surface area contributed by atoms with Crippen molar-refractivity contribution in [1.29, 1.82) is 0 Å². The summed E-state index contributed by atoms with van der Waals surface area (Å²) in [6, 6.07) is 17.4. The summed E-state index contributed by atoms with van der Waals surface area (Å²) in [5, 5.41) is 0. The number of hydrogen-bond donors (Lipinski definition) is 0. The molecular weight excluding hydrogens is 296 g/mol. The van der Waals surface area contributed by atoms with Gasteiger partial charge in [-0.2, -0.15) is 8.42 Å². The molecule has 0 heterocycles. The van der Waals surface area contributed by atoms with E-state index in [0.29, 0.717) is 11.5 Å². The van der Waals surface area contributed by atoms with Crippen LogP contribution in [0.4, 0.5) is 0 Å². The number of benzene rings is 2. The Bertz CT molecular complexity index is 576. The van der Waals surface area contributed by atoms with Crippen molar-refractivity contribution in [1.82, 2.24) is 0 Å². The molecular formula is C14H14O6S. The van der Waals surface area contributed by atoms with Crippen molar-refractivity contribution >= 4 is 10.4 Å². The average molecular weight is 310 g/mol. The minimum Gasteiger partial charge on any atom is -0.466 e. The highest BCUT2D eigenvalue weighted by atomic mass is 32.3. The minimum absolute atomic E-state index is 0.475. The van der Waals surface area contributed by atoms with Gasteiger partial charge in [0.1, 0.15) is 11.5 Å². The van der Waals surface area contributed by atoms with Crippen molar-refractivity contribution in [3.63, 3.8) is 0 Å². The number of para-hydroxylation sites is 2. The summed E-state index contributed by atoms with van der Waals surface area (Å²) in [7, 11) is -4.17. The fourth-order valence-electron chi connectivity index (χ4n) is 1.37. The van der Waals surface area contributed by atoms with Crippen molar-refractivity contribution in [3.8, 4) is 11.5 Å². The highest BCUT2D eigenvalue weighted by Crippen LogP contribution is 2.10. The highest BCUT2D eigenvalue weighted by molar-refractivity contribution is 7.81. The summed E-state index contributed by atoms with van der Waals surface area (Å²) in [6.07, 6.45) is 0. The summed E-state index contributed by atoms with van der Waals surface area (Å²) in [4.78, 5) is 0. The molecule has 112 valence electrons. The number of ether oxygens (including phenoxy) is 2. The van der Waals surface area contributed by atoms with Gasteiger partial charge in [-0.3, -0.25) is 0 Å². The molecule has 0 saturated heterocycles. The van der Waals surface area contributed by atoms with E-state index in [0.717, 1.165) is 0 Å². The zero-order chi connectivity index (χ0) is 15.0. The second-order valence-electron chi connectivity index (χ2n) is 3.79. The Morgan fingerprint density at radius 2 is 1.05 bits per heavy atom. The van der Waals surface area contributed by atoms with E-state index in [2.05, 4.69) is 8.37 Å². The Labute approximate surface area is 123 Å². The van der Waals surface area contributed by atoms with Crippen molar-refractivity contribution in [2.45, 2.75) is 0 Å². The molecule has 0 N–H and O–H groups in total. The fraction of sp³-hybridized carbons (Fsp3) is 0.143. The lowest BCUT2D eigenvalue weighted by atomic mass is 10.3. The number of hydrogen-bond acceptors (Lipinski definition) is 6. The van der Waals surface area contributed by atoms with Gasteiger partial charge in [-0.15, -0.1) is 0 Å². The van der Waals surface area contributed by atoms with Gasteiger partial charge in [0.2, 0.25) is 13.6 Å². The topological polar surface area (TPSA) is 71.1 Å². The molecule has 0 unspecified atom stereocenters. The predicted octanol–water partition coefficient (Wildman–Crippen LogP) is 2.34. The van der Waals surface area contributed by atoms with E-state index in [4.69, 9.17) is 9.47 Å².